The third-order valence-electron chi connectivity index (χ3n) is 5.41. The summed E-state index contributed by atoms with van der Waals surface area (Å²) in [6.45, 7) is 0.700. The third-order valence-corrected chi connectivity index (χ3v) is 5.41. The molecule has 0 aliphatic heterocycles. The molecule has 0 heterocycles. The highest BCUT2D eigenvalue weighted by Crippen LogP contribution is 2.36. The van der Waals surface area contributed by atoms with Crippen LogP contribution in [0.3, 0.4) is 0 Å². The number of urea groups is 1. The summed E-state index contributed by atoms with van der Waals surface area (Å²) in [5, 5.41) is 11.8. The molecule has 222 valence electrons. The van der Waals surface area contributed by atoms with Gasteiger partial charge in [-0.3, -0.25) is 0 Å². The molecule has 40 heavy (non-hydrogen) atoms. The number of nitrogens with one attached hydrogen (secondary N) is 1. The van der Waals surface area contributed by atoms with E-state index in [2.05, 4.69) is 10.1 Å². The molecule has 2 aromatic rings. The second-order valence-corrected chi connectivity index (χ2v) is 8.34. The lowest BCUT2D eigenvalue weighted by Gasteiger charge is -2.24. The number of anilines is 1. The predicted octanol–water partition coefficient (Wildman–Crippen LogP) is 5.20. The molecule has 2 aromatic carbocycles. The van der Waals surface area contributed by atoms with Gasteiger partial charge in [0.1, 0.15) is 18.1 Å². The number of rotatable bonds is 16. The van der Waals surface area contributed by atoms with Gasteiger partial charge in [-0.25, -0.2) is 9.59 Å². The molecule has 0 aliphatic rings. The SMILES string of the molecule is CCOC(Cc1ccc(OCCN(CCCOC(F)(F)C(F)(F)F)C(=O)Nc2cccc(OC)c2)cc1)C(=O)O. The number of hydrogen-bond acceptors (Lipinski definition) is 6. The molecule has 0 radical (unpaired) electrons. The first kappa shape index (κ1) is 32.6. The zero-order valence-corrected chi connectivity index (χ0v) is 21.9. The van der Waals surface area contributed by atoms with Gasteiger partial charge in [-0.05, 0) is 43.2 Å². The Morgan fingerprint density at radius 1 is 1.00 bits per heavy atom. The molecule has 0 fully saturated rings. The number of aliphatic carboxylic acids is 1. The number of alkyl halides is 5. The fourth-order valence-electron chi connectivity index (χ4n) is 3.38. The maximum Gasteiger partial charge on any atom is 0.482 e. The lowest BCUT2D eigenvalue weighted by atomic mass is 10.1. The summed E-state index contributed by atoms with van der Waals surface area (Å²) in [5.74, 6) is -0.204. The van der Waals surface area contributed by atoms with E-state index in [4.69, 9.17) is 14.2 Å². The first-order valence-corrected chi connectivity index (χ1v) is 12.2. The van der Waals surface area contributed by atoms with E-state index in [0.717, 1.165) is 0 Å². The molecule has 0 saturated carbocycles. The lowest BCUT2D eigenvalue weighted by Crippen LogP contribution is -2.41. The fraction of sp³-hybridized carbons (Fsp3) is 0.462. The first-order chi connectivity index (χ1) is 18.9. The average Bonchev–Trinajstić information content (AvgIpc) is 2.90. The maximum absolute atomic E-state index is 13.0. The highest BCUT2D eigenvalue weighted by Gasteiger charge is 2.59. The van der Waals surface area contributed by atoms with Crippen LogP contribution in [-0.2, 0) is 20.7 Å². The second-order valence-electron chi connectivity index (χ2n) is 8.34. The van der Waals surface area contributed by atoms with Crippen LogP contribution in [0.5, 0.6) is 11.5 Å². The number of carboxylic acids is 1. The van der Waals surface area contributed by atoms with Gasteiger partial charge < -0.3 is 34.3 Å². The molecule has 0 aromatic heterocycles. The number of halogens is 5. The fourth-order valence-corrected chi connectivity index (χ4v) is 3.38. The predicted molar refractivity (Wildman–Crippen MR) is 134 cm³/mol. The Bertz CT molecular complexity index is 1080. The zero-order chi connectivity index (χ0) is 29.8. The van der Waals surface area contributed by atoms with Crippen LogP contribution < -0.4 is 14.8 Å². The molecule has 0 aliphatic carbocycles. The Kier molecular flexibility index (Phi) is 12.4. The minimum Gasteiger partial charge on any atom is -0.497 e. The molecule has 1 atom stereocenters. The van der Waals surface area contributed by atoms with Crippen LogP contribution in [0, 0.1) is 0 Å². The summed E-state index contributed by atoms with van der Waals surface area (Å²) in [5.41, 5.74) is 1.07. The van der Waals surface area contributed by atoms with Gasteiger partial charge in [0.25, 0.3) is 0 Å². The number of carboxylic acid groups (broad SMARTS) is 1. The quantitative estimate of drug-likeness (QED) is 0.208. The van der Waals surface area contributed by atoms with E-state index >= 15 is 0 Å². The van der Waals surface area contributed by atoms with Gasteiger partial charge in [0.2, 0.25) is 0 Å². The van der Waals surface area contributed by atoms with E-state index in [1.807, 2.05) is 0 Å². The number of nitrogens with zero attached hydrogens (tertiary/aromatic N) is 1. The standard InChI is InChI=1S/C26H31F5N2O7/c1-3-38-22(23(34)35)16-18-8-10-20(11-9-18)39-15-13-33(12-5-14-40-26(30,31)25(27,28)29)24(36)32-19-6-4-7-21(17-19)37-2/h4,6-11,17,22H,3,5,12-16H2,1-2H3,(H,32,36)(H,34,35). The summed E-state index contributed by atoms with van der Waals surface area (Å²) in [7, 11) is 1.44. The molecule has 2 N–H and O–H groups in total. The van der Waals surface area contributed by atoms with Crippen molar-refractivity contribution in [2.24, 2.45) is 0 Å². The Labute approximate surface area is 227 Å². The van der Waals surface area contributed by atoms with Crippen LogP contribution in [-0.4, -0.2) is 80.4 Å². The highest BCUT2D eigenvalue weighted by atomic mass is 19.4. The van der Waals surface area contributed by atoms with Crippen LogP contribution in [0.2, 0.25) is 0 Å². The number of amides is 2. The number of ether oxygens (including phenoxy) is 4. The van der Waals surface area contributed by atoms with Crippen LogP contribution in [0.15, 0.2) is 48.5 Å². The van der Waals surface area contributed by atoms with Gasteiger partial charge in [0.05, 0.1) is 20.3 Å². The molecule has 14 heteroatoms. The highest BCUT2D eigenvalue weighted by molar-refractivity contribution is 5.89. The van der Waals surface area contributed by atoms with Crippen molar-refractivity contribution in [2.75, 3.05) is 45.3 Å². The van der Waals surface area contributed by atoms with Crippen molar-refractivity contribution in [2.45, 2.75) is 38.2 Å². The van der Waals surface area contributed by atoms with Crippen LogP contribution in [0.25, 0.3) is 0 Å². The molecular weight excluding hydrogens is 547 g/mol. The van der Waals surface area contributed by atoms with Crippen molar-refractivity contribution < 1.29 is 55.6 Å². The normalized spacial score (nSPS) is 12.5. The van der Waals surface area contributed by atoms with E-state index in [1.165, 1.54) is 12.0 Å². The Hall–Kier alpha value is -3.65. The monoisotopic (exact) mass is 578 g/mol. The summed E-state index contributed by atoms with van der Waals surface area (Å²) in [4.78, 5) is 25.3. The van der Waals surface area contributed by atoms with E-state index in [9.17, 15) is 36.6 Å². The van der Waals surface area contributed by atoms with Crippen LogP contribution in [0.1, 0.15) is 18.9 Å². The van der Waals surface area contributed by atoms with Crippen LogP contribution in [0.4, 0.5) is 32.4 Å². The maximum atomic E-state index is 13.0. The molecule has 0 saturated heterocycles. The molecule has 0 spiro atoms. The Morgan fingerprint density at radius 3 is 2.30 bits per heavy atom. The van der Waals surface area contributed by atoms with Gasteiger partial charge in [0.15, 0.2) is 6.10 Å². The Balaban J connectivity index is 1.98. The topological polar surface area (TPSA) is 107 Å². The number of methoxy groups -OCH3 is 1. The number of carbonyl (C=O) groups excluding carboxylic acids is 1. The van der Waals surface area contributed by atoms with Gasteiger partial charge in [-0.2, -0.15) is 22.0 Å². The van der Waals surface area contributed by atoms with Crippen molar-refractivity contribution in [1.82, 2.24) is 4.90 Å². The number of carbonyl (C=O) groups is 2. The second kappa shape index (κ2) is 15.2. The number of benzene rings is 2. The van der Waals surface area contributed by atoms with Gasteiger partial charge in [-0.1, -0.05) is 18.2 Å². The van der Waals surface area contributed by atoms with Gasteiger partial charge >= 0.3 is 24.3 Å². The molecule has 0 bridgehead atoms. The lowest BCUT2D eigenvalue weighted by molar-refractivity contribution is -0.391. The largest absolute Gasteiger partial charge is 0.497 e. The van der Waals surface area contributed by atoms with Gasteiger partial charge in [0, 0.05) is 31.3 Å². The number of hydrogen-bond donors (Lipinski definition) is 2. The van der Waals surface area contributed by atoms with E-state index in [0.29, 0.717) is 22.7 Å². The molecular formula is C26H31F5N2O7. The minimum atomic E-state index is -5.85. The summed E-state index contributed by atoms with van der Waals surface area (Å²) in [6, 6.07) is 12.3. The molecule has 1 unspecified atom stereocenters. The van der Waals surface area contributed by atoms with Crippen molar-refractivity contribution >= 4 is 17.7 Å². The van der Waals surface area contributed by atoms with Crippen molar-refractivity contribution in [3.63, 3.8) is 0 Å². The average molecular weight is 579 g/mol. The summed E-state index contributed by atoms with van der Waals surface area (Å²) >= 11 is 0. The van der Waals surface area contributed by atoms with Crippen molar-refractivity contribution in [1.29, 1.82) is 0 Å². The third kappa shape index (κ3) is 10.5. The van der Waals surface area contributed by atoms with E-state index in [-0.39, 0.29) is 39.1 Å². The van der Waals surface area contributed by atoms with Gasteiger partial charge in [-0.15, -0.1) is 0 Å². The van der Waals surface area contributed by atoms with Crippen molar-refractivity contribution in [3.05, 3.63) is 54.1 Å². The first-order valence-electron chi connectivity index (χ1n) is 12.2. The molecule has 2 amide bonds. The van der Waals surface area contributed by atoms with Crippen LogP contribution >= 0.6 is 0 Å². The minimum absolute atomic E-state index is 0.0405. The molecule has 9 nitrogen and oxygen atoms in total. The summed E-state index contributed by atoms with van der Waals surface area (Å²) < 4.78 is 82.7. The smallest absolute Gasteiger partial charge is 0.482 e. The van der Waals surface area contributed by atoms with E-state index < -0.39 is 37.0 Å². The Morgan fingerprint density at radius 2 is 1.70 bits per heavy atom. The van der Waals surface area contributed by atoms with Crippen molar-refractivity contribution in [3.8, 4) is 11.5 Å². The van der Waals surface area contributed by atoms with E-state index in [1.54, 1.807) is 55.5 Å². The molecule has 2 rings (SSSR count). The zero-order valence-electron chi connectivity index (χ0n) is 21.9. The summed E-state index contributed by atoms with van der Waals surface area (Å²) in [6.07, 6.45) is -12.3.